The second kappa shape index (κ2) is 5.32. The molecule has 1 aliphatic rings. The molecular weight excluding hydrogens is 182 g/mol. The molecule has 0 aromatic carbocycles. The van der Waals surface area contributed by atoms with Gasteiger partial charge in [-0.2, -0.15) is 0 Å². The van der Waals surface area contributed by atoms with Crippen LogP contribution in [0.1, 0.15) is 26.2 Å². The van der Waals surface area contributed by atoms with Crippen LogP contribution in [-0.2, 0) is 14.3 Å². The summed E-state index contributed by atoms with van der Waals surface area (Å²) < 4.78 is 10.0. The number of carbonyl (C=O) groups is 1. The van der Waals surface area contributed by atoms with Crippen LogP contribution in [0.3, 0.4) is 0 Å². The molecule has 0 saturated carbocycles. The van der Waals surface area contributed by atoms with Crippen molar-refractivity contribution < 1.29 is 14.3 Å². The quantitative estimate of drug-likeness (QED) is 0.525. The maximum atomic E-state index is 11.6. The molecule has 0 aromatic rings. The third-order valence-corrected chi connectivity index (χ3v) is 2.55. The highest BCUT2D eigenvalue weighted by Gasteiger charge is 2.37. The van der Waals surface area contributed by atoms with E-state index in [1.165, 1.54) is 0 Å². The van der Waals surface area contributed by atoms with Crippen molar-refractivity contribution in [3.63, 3.8) is 0 Å². The Morgan fingerprint density at radius 1 is 1.50 bits per heavy atom. The number of carbonyl (C=O) groups excluding carboxylic acids is 1. The van der Waals surface area contributed by atoms with Crippen molar-refractivity contribution in [2.45, 2.75) is 31.7 Å². The van der Waals surface area contributed by atoms with Gasteiger partial charge in [-0.3, -0.25) is 4.79 Å². The van der Waals surface area contributed by atoms with Crippen molar-refractivity contribution in [2.75, 3.05) is 26.9 Å². The Morgan fingerprint density at radius 2 is 2.29 bits per heavy atom. The van der Waals surface area contributed by atoms with Crippen LogP contribution in [0.25, 0.3) is 0 Å². The molecule has 0 aromatic heterocycles. The van der Waals surface area contributed by atoms with Crippen molar-refractivity contribution in [3.8, 4) is 0 Å². The van der Waals surface area contributed by atoms with E-state index in [0.717, 1.165) is 25.8 Å². The first-order chi connectivity index (χ1) is 6.69. The Bertz CT molecular complexity index is 188. The minimum Gasteiger partial charge on any atom is -0.464 e. The molecule has 0 radical (unpaired) electrons. The van der Waals surface area contributed by atoms with Crippen molar-refractivity contribution >= 4 is 5.97 Å². The fourth-order valence-electron chi connectivity index (χ4n) is 1.60. The summed E-state index contributed by atoms with van der Waals surface area (Å²) in [6.07, 6.45) is 2.68. The minimum absolute atomic E-state index is 0.133. The van der Waals surface area contributed by atoms with Gasteiger partial charge in [0.05, 0.1) is 6.61 Å². The molecule has 0 bridgehead atoms. The molecule has 4 nitrogen and oxygen atoms in total. The Labute approximate surface area is 85.0 Å². The molecule has 1 aliphatic heterocycles. The van der Waals surface area contributed by atoms with Crippen LogP contribution in [0.15, 0.2) is 0 Å². The number of hydrogen-bond donors (Lipinski definition) is 1. The molecule has 1 rings (SSSR count). The second-order valence-corrected chi connectivity index (χ2v) is 3.84. The zero-order valence-corrected chi connectivity index (χ0v) is 8.97. The van der Waals surface area contributed by atoms with Gasteiger partial charge in [-0.15, -0.1) is 0 Å². The fourth-order valence-corrected chi connectivity index (χ4v) is 1.60. The monoisotopic (exact) mass is 201 g/mol. The third-order valence-electron chi connectivity index (χ3n) is 2.55. The largest absolute Gasteiger partial charge is 0.464 e. The lowest BCUT2D eigenvalue weighted by Gasteiger charge is -2.21. The van der Waals surface area contributed by atoms with E-state index in [2.05, 4.69) is 5.32 Å². The van der Waals surface area contributed by atoms with Gasteiger partial charge in [-0.1, -0.05) is 0 Å². The molecule has 4 heteroatoms. The molecular formula is C10H19NO3. The Morgan fingerprint density at radius 3 is 2.86 bits per heavy atom. The predicted molar refractivity (Wildman–Crippen MR) is 53.1 cm³/mol. The summed E-state index contributed by atoms with van der Waals surface area (Å²) in [5, 5.41) is 3.17. The Balaban J connectivity index is 2.20. The summed E-state index contributed by atoms with van der Waals surface area (Å²) in [5.41, 5.74) is -0.451. The summed E-state index contributed by atoms with van der Waals surface area (Å²) in [5.74, 6) is -0.133. The van der Waals surface area contributed by atoms with E-state index in [1.54, 1.807) is 7.11 Å². The maximum absolute atomic E-state index is 11.6. The number of methoxy groups -OCH3 is 1. The van der Waals surface area contributed by atoms with Gasteiger partial charge in [0.15, 0.2) is 0 Å². The zero-order valence-electron chi connectivity index (χ0n) is 8.97. The molecule has 1 saturated heterocycles. The SMILES string of the molecule is COCCCOC(=O)C1(C)CCCN1. The van der Waals surface area contributed by atoms with Gasteiger partial charge < -0.3 is 14.8 Å². The van der Waals surface area contributed by atoms with Crippen LogP contribution in [0, 0.1) is 0 Å². The summed E-state index contributed by atoms with van der Waals surface area (Å²) in [6.45, 7) is 3.89. The van der Waals surface area contributed by atoms with E-state index in [0.29, 0.717) is 13.2 Å². The van der Waals surface area contributed by atoms with Crippen LogP contribution in [0.4, 0.5) is 0 Å². The van der Waals surface area contributed by atoms with Crippen LogP contribution in [0.5, 0.6) is 0 Å². The smallest absolute Gasteiger partial charge is 0.326 e. The number of ether oxygens (including phenoxy) is 2. The van der Waals surface area contributed by atoms with E-state index in [4.69, 9.17) is 9.47 Å². The van der Waals surface area contributed by atoms with Gasteiger partial charge in [0.2, 0.25) is 0 Å². The number of nitrogens with one attached hydrogen (secondary N) is 1. The van der Waals surface area contributed by atoms with Crippen LogP contribution in [-0.4, -0.2) is 38.4 Å². The van der Waals surface area contributed by atoms with Gasteiger partial charge in [-0.05, 0) is 26.3 Å². The third kappa shape index (κ3) is 2.96. The fraction of sp³-hybridized carbons (Fsp3) is 0.900. The minimum atomic E-state index is -0.451. The van der Waals surface area contributed by atoms with Gasteiger partial charge in [0.25, 0.3) is 0 Å². The number of rotatable bonds is 5. The van der Waals surface area contributed by atoms with E-state index in [9.17, 15) is 4.79 Å². The lowest BCUT2D eigenvalue weighted by molar-refractivity contribution is -0.150. The first kappa shape index (κ1) is 11.5. The normalized spacial score (nSPS) is 26.4. The van der Waals surface area contributed by atoms with Gasteiger partial charge in [0.1, 0.15) is 5.54 Å². The topological polar surface area (TPSA) is 47.6 Å². The van der Waals surface area contributed by atoms with E-state index >= 15 is 0 Å². The molecule has 0 spiro atoms. The summed E-state index contributed by atoms with van der Waals surface area (Å²) >= 11 is 0. The number of hydrogen-bond acceptors (Lipinski definition) is 4. The van der Waals surface area contributed by atoms with E-state index in [-0.39, 0.29) is 5.97 Å². The molecule has 1 N–H and O–H groups in total. The van der Waals surface area contributed by atoms with Crippen LogP contribution >= 0.6 is 0 Å². The molecule has 82 valence electrons. The second-order valence-electron chi connectivity index (χ2n) is 3.84. The van der Waals surface area contributed by atoms with E-state index in [1.807, 2.05) is 6.92 Å². The highest BCUT2D eigenvalue weighted by molar-refractivity contribution is 5.80. The van der Waals surface area contributed by atoms with Crippen molar-refractivity contribution in [3.05, 3.63) is 0 Å². The summed E-state index contributed by atoms with van der Waals surface area (Å²) in [6, 6.07) is 0. The summed E-state index contributed by atoms with van der Waals surface area (Å²) in [4.78, 5) is 11.6. The van der Waals surface area contributed by atoms with Crippen LogP contribution < -0.4 is 5.32 Å². The van der Waals surface area contributed by atoms with Gasteiger partial charge in [-0.25, -0.2) is 0 Å². The lowest BCUT2D eigenvalue weighted by atomic mass is 10.0. The first-order valence-corrected chi connectivity index (χ1v) is 5.10. The highest BCUT2D eigenvalue weighted by atomic mass is 16.5. The molecule has 14 heavy (non-hydrogen) atoms. The predicted octanol–water partition coefficient (Wildman–Crippen LogP) is 0.708. The highest BCUT2D eigenvalue weighted by Crippen LogP contribution is 2.19. The first-order valence-electron chi connectivity index (χ1n) is 5.10. The van der Waals surface area contributed by atoms with Crippen molar-refractivity contribution in [2.24, 2.45) is 0 Å². The van der Waals surface area contributed by atoms with Crippen molar-refractivity contribution in [1.82, 2.24) is 5.32 Å². The standard InChI is InChI=1S/C10H19NO3/c1-10(5-3-6-11-10)9(12)14-8-4-7-13-2/h11H,3-8H2,1-2H3. The molecule has 1 atom stereocenters. The summed E-state index contributed by atoms with van der Waals surface area (Å²) in [7, 11) is 1.64. The molecule has 0 aliphatic carbocycles. The zero-order chi connectivity index (χ0) is 10.4. The number of esters is 1. The Hall–Kier alpha value is -0.610. The molecule has 1 fully saturated rings. The van der Waals surface area contributed by atoms with Crippen LogP contribution in [0.2, 0.25) is 0 Å². The molecule has 1 heterocycles. The van der Waals surface area contributed by atoms with E-state index < -0.39 is 5.54 Å². The van der Waals surface area contributed by atoms with Gasteiger partial charge >= 0.3 is 5.97 Å². The van der Waals surface area contributed by atoms with Crippen molar-refractivity contribution in [1.29, 1.82) is 0 Å². The molecule has 0 amide bonds. The average Bonchev–Trinajstić information content (AvgIpc) is 2.61. The lowest BCUT2D eigenvalue weighted by Crippen LogP contribution is -2.45. The average molecular weight is 201 g/mol. The Kier molecular flexibility index (Phi) is 4.35. The molecule has 1 unspecified atom stereocenters. The maximum Gasteiger partial charge on any atom is 0.326 e. The van der Waals surface area contributed by atoms with Gasteiger partial charge in [0, 0.05) is 20.1 Å².